The maximum atomic E-state index is 11.9. The quantitative estimate of drug-likeness (QED) is 0.639. The van der Waals surface area contributed by atoms with E-state index in [1.807, 2.05) is 26.0 Å². The molecule has 1 fully saturated rings. The van der Waals surface area contributed by atoms with Gasteiger partial charge in [0.05, 0.1) is 30.5 Å². The average molecular weight is 441 g/mol. The normalized spacial score (nSPS) is 14.1. The van der Waals surface area contributed by atoms with Gasteiger partial charge < -0.3 is 15.6 Å². The topological polar surface area (TPSA) is 112 Å². The number of nitrogens with two attached hydrogens (primary N) is 1. The molecular weight excluding hydrogens is 404 g/mol. The van der Waals surface area contributed by atoms with Crippen molar-refractivity contribution in [2.75, 3.05) is 32.0 Å². The molecule has 1 aromatic heterocycles. The molecule has 0 amide bonds. The number of carboxylic acid groups (broad SMARTS) is 1. The number of nitriles is 1. The van der Waals surface area contributed by atoms with Crippen LogP contribution in [0.5, 0.6) is 0 Å². The number of ether oxygens (including phenoxy) is 1. The van der Waals surface area contributed by atoms with Crippen LogP contribution in [-0.2, 0) is 16.1 Å². The molecular formula is C25H36N4O3. The molecule has 174 valence electrons. The summed E-state index contributed by atoms with van der Waals surface area (Å²) in [7, 11) is 0. The van der Waals surface area contributed by atoms with E-state index in [1.165, 1.54) is 18.9 Å². The fourth-order valence-corrected chi connectivity index (χ4v) is 3.03. The van der Waals surface area contributed by atoms with Crippen LogP contribution in [0.15, 0.2) is 36.5 Å². The number of morpholine rings is 1. The van der Waals surface area contributed by atoms with Crippen LogP contribution in [0.25, 0.3) is 0 Å². The first kappa shape index (κ1) is 27.1. The van der Waals surface area contributed by atoms with Gasteiger partial charge in [-0.3, -0.25) is 14.7 Å². The molecule has 1 aromatic carbocycles. The molecule has 1 saturated heterocycles. The van der Waals surface area contributed by atoms with Crippen LogP contribution < -0.4 is 5.73 Å². The largest absolute Gasteiger partial charge is 0.480 e. The van der Waals surface area contributed by atoms with Crippen molar-refractivity contribution in [3.05, 3.63) is 58.9 Å². The molecule has 7 nitrogen and oxygen atoms in total. The third-order valence-electron chi connectivity index (χ3n) is 4.93. The number of aliphatic carboxylic acids is 1. The molecule has 1 aliphatic rings. The highest BCUT2D eigenvalue weighted by molar-refractivity contribution is 5.82. The number of pyridine rings is 1. The summed E-state index contributed by atoms with van der Waals surface area (Å²) >= 11 is 0. The standard InChI is InChI=1S/C19H20N4O3.C4H10.C2H6/c20-10-13-1-3-16(21)15(9-13)18(19(24)25)17-4-2-14(11-22-17)12-23-5-7-26-8-6-23;1-3-4-2;1-2/h1-4,9,11,18H,5-8,12,21H2,(H,24,25);3-4H2,1-2H3;1-2H3. The van der Waals surface area contributed by atoms with Gasteiger partial charge in [0, 0.05) is 31.5 Å². The van der Waals surface area contributed by atoms with Crippen molar-refractivity contribution in [1.29, 1.82) is 5.26 Å². The van der Waals surface area contributed by atoms with Gasteiger partial charge in [-0.05, 0) is 35.4 Å². The van der Waals surface area contributed by atoms with Gasteiger partial charge in [-0.2, -0.15) is 5.26 Å². The van der Waals surface area contributed by atoms with E-state index in [1.54, 1.807) is 24.4 Å². The number of carbonyl (C=O) groups is 1. The molecule has 1 aliphatic heterocycles. The van der Waals surface area contributed by atoms with Crippen LogP contribution in [0.1, 0.15) is 68.8 Å². The van der Waals surface area contributed by atoms with Crippen LogP contribution in [0, 0.1) is 11.3 Å². The van der Waals surface area contributed by atoms with Crippen molar-refractivity contribution >= 4 is 11.7 Å². The Morgan fingerprint density at radius 2 is 1.88 bits per heavy atom. The van der Waals surface area contributed by atoms with Gasteiger partial charge >= 0.3 is 5.97 Å². The summed E-state index contributed by atoms with van der Waals surface area (Å²) in [6.07, 6.45) is 4.34. The first-order chi connectivity index (χ1) is 15.5. The highest BCUT2D eigenvalue weighted by Gasteiger charge is 2.26. The van der Waals surface area contributed by atoms with Crippen LogP contribution >= 0.6 is 0 Å². The molecule has 2 aromatic rings. The Kier molecular flexibility index (Phi) is 12.7. The summed E-state index contributed by atoms with van der Waals surface area (Å²) in [5.74, 6) is -2.07. The number of aromatic nitrogens is 1. The fraction of sp³-hybridized carbons (Fsp3) is 0.480. The zero-order chi connectivity index (χ0) is 23.9. The van der Waals surface area contributed by atoms with Crippen LogP contribution in [0.2, 0.25) is 0 Å². The highest BCUT2D eigenvalue weighted by atomic mass is 16.5. The number of nitrogens with zero attached hydrogens (tertiary/aromatic N) is 3. The molecule has 0 aliphatic carbocycles. The summed E-state index contributed by atoms with van der Waals surface area (Å²) in [5.41, 5.74) is 8.43. The van der Waals surface area contributed by atoms with E-state index < -0.39 is 11.9 Å². The number of hydrogen-bond acceptors (Lipinski definition) is 6. The molecule has 2 heterocycles. The van der Waals surface area contributed by atoms with E-state index in [2.05, 4.69) is 23.7 Å². The minimum atomic E-state index is -1.06. The summed E-state index contributed by atoms with van der Waals surface area (Å²) in [4.78, 5) is 18.5. The van der Waals surface area contributed by atoms with E-state index >= 15 is 0 Å². The predicted octanol–water partition coefficient (Wildman–Crippen LogP) is 4.42. The minimum Gasteiger partial charge on any atom is -0.480 e. The lowest BCUT2D eigenvalue weighted by atomic mass is 9.92. The van der Waals surface area contributed by atoms with E-state index in [-0.39, 0.29) is 0 Å². The van der Waals surface area contributed by atoms with E-state index in [0.29, 0.717) is 22.5 Å². The second kappa shape index (κ2) is 15.0. The summed E-state index contributed by atoms with van der Waals surface area (Å²) in [6, 6.07) is 10.2. The lowest BCUT2D eigenvalue weighted by Crippen LogP contribution is -2.35. The van der Waals surface area contributed by atoms with Gasteiger partial charge in [0.25, 0.3) is 0 Å². The molecule has 0 spiro atoms. The summed E-state index contributed by atoms with van der Waals surface area (Å²) in [5, 5.41) is 18.8. The Bertz CT molecular complexity index is 854. The average Bonchev–Trinajstić information content (AvgIpc) is 2.83. The van der Waals surface area contributed by atoms with Crippen molar-refractivity contribution in [1.82, 2.24) is 9.88 Å². The third-order valence-corrected chi connectivity index (χ3v) is 4.93. The van der Waals surface area contributed by atoms with E-state index in [4.69, 9.17) is 15.7 Å². The molecule has 1 unspecified atom stereocenters. The Morgan fingerprint density at radius 3 is 2.38 bits per heavy atom. The van der Waals surface area contributed by atoms with Gasteiger partial charge in [-0.1, -0.05) is 46.6 Å². The minimum absolute atomic E-state index is 0.329. The van der Waals surface area contributed by atoms with Crippen molar-refractivity contribution in [2.24, 2.45) is 0 Å². The molecule has 3 N–H and O–H groups in total. The van der Waals surface area contributed by atoms with E-state index in [0.717, 1.165) is 38.4 Å². The number of unbranched alkanes of at least 4 members (excludes halogenated alkanes) is 1. The monoisotopic (exact) mass is 440 g/mol. The Morgan fingerprint density at radius 1 is 1.22 bits per heavy atom. The number of benzene rings is 1. The van der Waals surface area contributed by atoms with Crippen LogP contribution in [-0.4, -0.2) is 47.3 Å². The zero-order valence-electron chi connectivity index (χ0n) is 19.7. The molecule has 0 bridgehead atoms. The number of nitrogen functional groups attached to an aromatic ring is 1. The number of carboxylic acids is 1. The van der Waals surface area contributed by atoms with Gasteiger partial charge in [-0.25, -0.2) is 0 Å². The molecule has 7 heteroatoms. The first-order valence-corrected chi connectivity index (χ1v) is 11.3. The van der Waals surface area contributed by atoms with Gasteiger partial charge in [0.15, 0.2) is 0 Å². The van der Waals surface area contributed by atoms with Gasteiger partial charge in [-0.15, -0.1) is 0 Å². The predicted molar refractivity (Wildman–Crippen MR) is 127 cm³/mol. The fourth-order valence-electron chi connectivity index (χ4n) is 3.03. The first-order valence-electron chi connectivity index (χ1n) is 11.3. The summed E-state index contributed by atoms with van der Waals surface area (Å²) < 4.78 is 5.34. The van der Waals surface area contributed by atoms with Crippen molar-refractivity contribution in [3.8, 4) is 6.07 Å². The molecule has 0 saturated carbocycles. The maximum Gasteiger partial charge on any atom is 0.317 e. The number of rotatable bonds is 6. The van der Waals surface area contributed by atoms with Crippen LogP contribution in [0.3, 0.4) is 0 Å². The molecule has 3 rings (SSSR count). The maximum absolute atomic E-state index is 11.9. The lowest BCUT2D eigenvalue weighted by molar-refractivity contribution is -0.137. The van der Waals surface area contributed by atoms with Crippen molar-refractivity contribution in [2.45, 2.75) is 53.0 Å². The SMILES string of the molecule is CC.CCCC.N#Cc1ccc(N)c(C(C(=O)O)c2ccc(CN3CCOCC3)cn2)c1. The van der Waals surface area contributed by atoms with Crippen molar-refractivity contribution < 1.29 is 14.6 Å². The molecule has 1 atom stereocenters. The second-order valence-electron chi connectivity index (χ2n) is 7.21. The van der Waals surface area contributed by atoms with Gasteiger partial charge in [0.2, 0.25) is 0 Å². The van der Waals surface area contributed by atoms with Crippen molar-refractivity contribution in [3.63, 3.8) is 0 Å². The Balaban J connectivity index is 0.000000769. The highest BCUT2D eigenvalue weighted by Crippen LogP contribution is 2.29. The number of anilines is 1. The van der Waals surface area contributed by atoms with E-state index in [9.17, 15) is 9.90 Å². The zero-order valence-corrected chi connectivity index (χ0v) is 19.7. The smallest absolute Gasteiger partial charge is 0.317 e. The van der Waals surface area contributed by atoms with Gasteiger partial charge in [0.1, 0.15) is 5.92 Å². The third kappa shape index (κ3) is 8.29. The Labute approximate surface area is 191 Å². The van der Waals surface area contributed by atoms with Crippen LogP contribution in [0.4, 0.5) is 5.69 Å². The lowest BCUT2D eigenvalue weighted by Gasteiger charge is -2.26. The molecule has 0 radical (unpaired) electrons. The number of hydrogen-bond donors (Lipinski definition) is 2. The summed E-state index contributed by atoms with van der Waals surface area (Å²) in [6.45, 7) is 12.3. The molecule has 32 heavy (non-hydrogen) atoms. The second-order valence-corrected chi connectivity index (χ2v) is 7.21. The Hall–Kier alpha value is -2.95.